The van der Waals surface area contributed by atoms with Gasteiger partial charge in [0.25, 0.3) is 5.56 Å². The second-order valence-corrected chi connectivity index (χ2v) is 6.83. The molecule has 1 aromatic carbocycles. The van der Waals surface area contributed by atoms with E-state index in [4.69, 9.17) is 0 Å². The molecule has 0 aliphatic carbocycles. The maximum Gasteiger partial charge on any atom is 0.254 e. The average Bonchev–Trinajstić information content (AvgIpc) is 3.11. The third kappa shape index (κ3) is 3.93. The van der Waals surface area contributed by atoms with E-state index in [1.54, 1.807) is 11.8 Å². The van der Waals surface area contributed by atoms with E-state index in [2.05, 4.69) is 10.3 Å². The number of carbonyl (C=O) groups excluding carboxylic acids is 1. The molecule has 5 nitrogen and oxygen atoms in total. The molecule has 2 heterocycles. The van der Waals surface area contributed by atoms with Crippen molar-refractivity contribution in [2.45, 2.75) is 11.4 Å². The molecule has 0 aliphatic rings. The molecule has 24 heavy (non-hydrogen) atoms. The third-order valence-corrected chi connectivity index (χ3v) is 4.94. The van der Waals surface area contributed by atoms with Gasteiger partial charge in [-0.05, 0) is 35.9 Å². The van der Waals surface area contributed by atoms with Crippen LogP contribution < -0.4 is 10.9 Å². The Bertz CT molecular complexity index is 904. The van der Waals surface area contributed by atoms with Crippen molar-refractivity contribution in [2.24, 2.45) is 0 Å². The smallest absolute Gasteiger partial charge is 0.254 e. The molecular weight excluding hydrogens is 342 g/mol. The van der Waals surface area contributed by atoms with Crippen LogP contribution in [0.1, 0.15) is 0 Å². The fraction of sp³-hybridized carbons (Fsp3) is 0.118. The van der Waals surface area contributed by atoms with Gasteiger partial charge in [-0.15, -0.1) is 23.1 Å². The molecule has 1 amide bonds. The highest BCUT2D eigenvalue weighted by Gasteiger charge is 2.08. The van der Waals surface area contributed by atoms with E-state index in [0.717, 1.165) is 9.77 Å². The van der Waals surface area contributed by atoms with E-state index in [1.807, 2.05) is 48.0 Å². The summed E-state index contributed by atoms with van der Waals surface area (Å²) in [6.45, 7) is -0.0694. The molecular formula is C17H15N3O2S2. The summed E-state index contributed by atoms with van der Waals surface area (Å²) in [5.74, 6) is -0.263. The lowest BCUT2D eigenvalue weighted by Gasteiger charge is -2.08. The van der Waals surface area contributed by atoms with Crippen molar-refractivity contribution in [3.63, 3.8) is 0 Å². The van der Waals surface area contributed by atoms with Crippen molar-refractivity contribution in [2.75, 3.05) is 11.6 Å². The van der Waals surface area contributed by atoms with Gasteiger partial charge in [-0.1, -0.05) is 12.1 Å². The van der Waals surface area contributed by atoms with Crippen molar-refractivity contribution < 1.29 is 4.79 Å². The molecule has 0 radical (unpaired) electrons. The Hall–Kier alpha value is -2.38. The maximum atomic E-state index is 12.2. The van der Waals surface area contributed by atoms with Crippen molar-refractivity contribution in [3.05, 3.63) is 64.5 Å². The molecule has 0 unspecified atom stereocenters. The predicted octanol–water partition coefficient (Wildman–Crippen LogP) is 3.33. The van der Waals surface area contributed by atoms with Gasteiger partial charge >= 0.3 is 0 Å². The van der Waals surface area contributed by atoms with Crippen LogP contribution >= 0.6 is 23.1 Å². The Morgan fingerprint density at radius 3 is 2.88 bits per heavy atom. The normalized spacial score (nSPS) is 10.5. The van der Waals surface area contributed by atoms with Crippen LogP contribution in [-0.2, 0) is 11.3 Å². The molecule has 0 saturated carbocycles. The molecule has 0 saturated heterocycles. The van der Waals surface area contributed by atoms with E-state index in [9.17, 15) is 9.59 Å². The maximum absolute atomic E-state index is 12.2. The van der Waals surface area contributed by atoms with Crippen molar-refractivity contribution in [3.8, 4) is 10.6 Å². The monoisotopic (exact) mass is 357 g/mol. The fourth-order valence-corrected chi connectivity index (χ4v) is 3.31. The second-order valence-electron chi connectivity index (χ2n) is 5.00. The van der Waals surface area contributed by atoms with Gasteiger partial charge in [0.1, 0.15) is 6.54 Å². The molecule has 122 valence electrons. The van der Waals surface area contributed by atoms with Gasteiger partial charge in [-0.2, -0.15) is 0 Å². The topological polar surface area (TPSA) is 64.0 Å². The summed E-state index contributed by atoms with van der Waals surface area (Å²) in [4.78, 5) is 30.6. The van der Waals surface area contributed by atoms with Crippen LogP contribution in [0.4, 0.5) is 5.69 Å². The van der Waals surface area contributed by atoms with Crippen LogP contribution in [-0.4, -0.2) is 21.7 Å². The number of nitrogens with one attached hydrogen (secondary N) is 1. The molecule has 0 spiro atoms. The molecule has 0 fully saturated rings. The molecule has 3 aromatic rings. The first kappa shape index (κ1) is 16.5. The highest BCUT2D eigenvalue weighted by Crippen LogP contribution is 2.21. The summed E-state index contributed by atoms with van der Waals surface area (Å²) in [7, 11) is 0. The number of hydrogen-bond acceptors (Lipinski definition) is 5. The van der Waals surface area contributed by atoms with Crippen LogP contribution in [0.2, 0.25) is 0 Å². The van der Waals surface area contributed by atoms with Gasteiger partial charge in [0.15, 0.2) is 0 Å². The van der Waals surface area contributed by atoms with Gasteiger partial charge in [0.2, 0.25) is 5.91 Å². The number of amides is 1. The van der Waals surface area contributed by atoms with Crippen molar-refractivity contribution >= 4 is 34.7 Å². The zero-order valence-electron chi connectivity index (χ0n) is 12.9. The van der Waals surface area contributed by atoms with Crippen LogP contribution in [0.15, 0.2) is 63.9 Å². The van der Waals surface area contributed by atoms with Crippen LogP contribution in [0.25, 0.3) is 10.6 Å². The molecule has 0 aliphatic heterocycles. The third-order valence-electron chi connectivity index (χ3n) is 3.32. The number of hydrogen-bond donors (Lipinski definition) is 1. The van der Waals surface area contributed by atoms with Gasteiger partial charge in [0, 0.05) is 16.6 Å². The molecule has 0 atom stereocenters. The zero-order valence-corrected chi connectivity index (χ0v) is 14.6. The summed E-state index contributed by atoms with van der Waals surface area (Å²) in [5, 5.41) is 4.73. The molecule has 1 N–H and O–H groups in total. The molecule has 0 bridgehead atoms. The Kier molecular flexibility index (Phi) is 5.12. The number of thioether (sulfide) groups is 1. The summed E-state index contributed by atoms with van der Waals surface area (Å²) in [6.07, 6.45) is 3.39. The number of nitrogens with zero attached hydrogens (tertiary/aromatic N) is 2. The summed E-state index contributed by atoms with van der Waals surface area (Å²) in [6, 6.07) is 12.8. The lowest BCUT2D eigenvalue weighted by atomic mass is 10.3. The number of carbonyl (C=O) groups is 1. The lowest BCUT2D eigenvalue weighted by molar-refractivity contribution is -0.116. The molecule has 7 heteroatoms. The van der Waals surface area contributed by atoms with Gasteiger partial charge < -0.3 is 5.32 Å². The number of anilines is 1. The Morgan fingerprint density at radius 1 is 1.29 bits per heavy atom. The lowest BCUT2D eigenvalue weighted by Crippen LogP contribution is -2.27. The van der Waals surface area contributed by atoms with E-state index >= 15 is 0 Å². The standard InChI is InChI=1S/C17H15N3O2S2/c1-23-13-5-2-4-12(8-13)19-16(21)10-20-11-18-14(9-17(20)22)15-6-3-7-24-15/h2-9,11H,10H2,1H3,(H,19,21). The van der Waals surface area contributed by atoms with Gasteiger partial charge in [0.05, 0.1) is 16.9 Å². The van der Waals surface area contributed by atoms with Crippen LogP contribution in [0, 0.1) is 0 Å². The Labute approximate surface area is 147 Å². The van der Waals surface area contributed by atoms with Crippen LogP contribution in [0.5, 0.6) is 0 Å². The molecule has 2 aromatic heterocycles. The highest BCUT2D eigenvalue weighted by molar-refractivity contribution is 7.98. The highest BCUT2D eigenvalue weighted by atomic mass is 32.2. The minimum Gasteiger partial charge on any atom is -0.324 e. The van der Waals surface area contributed by atoms with E-state index in [-0.39, 0.29) is 18.0 Å². The summed E-state index contributed by atoms with van der Waals surface area (Å²) in [5.41, 5.74) is 1.09. The van der Waals surface area contributed by atoms with E-state index < -0.39 is 0 Å². The Morgan fingerprint density at radius 2 is 2.17 bits per heavy atom. The van der Waals surface area contributed by atoms with E-state index in [1.165, 1.54) is 28.3 Å². The number of benzene rings is 1. The summed E-state index contributed by atoms with van der Waals surface area (Å²) < 4.78 is 1.30. The largest absolute Gasteiger partial charge is 0.324 e. The molecule has 3 rings (SSSR count). The quantitative estimate of drug-likeness (QED) is 0.712. The Balaban J connectivity index is 1.71. The van der Waals surface area contributed by atoms with Crippen molar-refractivity contribution in [1.82, 2.24) is 9.55 Å². The first-order chi connectivity index (χ1) is 11.7. The first-order valence-corrected chi connectivity index (χ1v) is 9.30. The number of thiophene rings is 1. The van der Waals surface area contributed by atoms with E-state index in [0.29, 0.717) is 11.4 Å². The fourth-order valence-electron chi connectivity index (χ4n) is 2.16. The second kappa shape index (κ2) is 7.46. The summed E-state index contributed by atoms with van der Waals surface area (Å²) >= 11 is 3.12. The predicted molar refractivity (Wildman–Crippen MR) is 98.7 cm³/mol. The first-order valence-electron chi connectivity index (χ1n) is 7.20. The minimum atomic E-state index is -0.263. The van der Waals surface area contributed by atoms with Gasteiger partial charge in [-0.25, -0.2) is 4.98 Å². The van der Waals surface area contributed by atoms with Crippen LogP contribution in [0.3, 0.4) is 0 Å². The average molecular weight is 357 g/mol. The SMILES string of the molecule is CSc1cccc(NC(=O)Cn2cnc(-c3cccs3)cc2=O)c1. The zero-order chi connectivity index (χ0) is 16.9. The number of aromatic nitrogens is 2. The minimum absolute atomic E-state index is 0.0694. The van der Waals surface area contributed by atoms with Gasteiger partial charge in [-0.3, -0.25) is 14.2 Å². The van der Waals surface area contributed by atoms with Crippen molar-refractivity contribution in [1.29, 1.82) is 0 Å². The number of rotatable bonds is 5.